The number of nitrogens with zero attached hydrogens (tertiary/aromatic N) is 2. The summed E-state index contributed by atoms with van der Waals surface area (Å²) in [6.07, 6.45) is 3.60. The second-order valence-electron chi connectivity index (χ2n) is 4.33. The van der Waals surface area contributed by atoms with E-state index in [4.69, 9.17) is 5.26 Å². The van der Waals surface area contributed by atoms with Crippen molar-refractivity contribution in [1.82, 2.24) is 4.98 Å². The first-order valence-corrected chi connectivity index (χ1v) is 5.46. The van der Waals surface area contributed by atoms with E-state index in [1.807, 2.05) is 0 Å². The number of hydrogen-bond donors (Lipinski definition) is 2. The van der Waals surface area contributed by atoms with Crippen molar-refractivity contribution in [3.05, 3.63) is 23.4 Å². The molecule has 1 aromatic heterocycles. The van der Waals surface area contributed by atoms with Gasteiger partial charge < -0.3 is 10.4 Å². The zero-order chi connectivity index (χ0) is 12.5. The molecule has 88 valence electrons. The topological polar surface area (TPSA) is 86.0 Å². The molecular weight excluding hydrogens is 218 g/mol. The summed E-state index contributed by atoms with van der Waals surface area (Å²) in [6.45, 7) is 1.81. The number of nitrogens with one attached hydrogen (secondary N) is 1. The largest absolute Gasteiger partial charge is 0.480 e. The Morgan fingerprint density at radius 3 is 2.82 bits per heavy atom. The van der Waals surface area contributed by atoms with E-state index < -0.39 is 11.5 Å². The number of carbonyl (C=O) groups is 1. The van der Waals surface area contributed by atoms with Crippen LogP contribution in [0.1, 0.15) is 30.4 Å². The van der Waals surface area contributed by atoms with Gasteiger partial charge in [0, 0.05) is 6.20 Å². The summed E-state index contributed by atoms with van der Waals surface area (Å²) in [5.74, 6) is -0.509. The van der Waals surface area contributed by atoms with Crippen molar-refractivity contribution >= 4 is 11.8 Å². The summed E-state index contributed by atoms with van der Waals surface area (Å²) in [5.41, 5.74) is 0.275. The fourth-order valence-corrected chi connectivity index (χ4v) is 1.94. The molecule has 0 bridgehead atoms. The molecule has 0 amide bonds. The maximum Gasteiger partial charge on any atom is 0.329 e. The van der Waals surface area contributed by atoms with E-state index in [1.54, 1.807) is 19.2 Å². The Bertz CT molecular complexity index is 501. The average Bonchev–Trinajstić information content (AvgIpc) is 2.23. The standard InChI is InChI=1S/C12H13N3O2/c1-8-3-6-14-10(9(8)7-13)15-12(11(16)17)4-2-5-12/h3,6H,2,4-5H2,1H3,(H,14,15)(H,16,17). The normalized spacial score (nSPS) is 16.7. The zero-order valence-electron chi connectivity index (χ0n) is 9.53. The maximum atomic E-state index is 11.2. The number of anilines is 1. The zero-order valence-corrected chi connectivity index (χ0v) is 9.53. The van der Waals surface area contributed by atoms with Crippen LogP contribution in [-0.2, 0) is 4.79 Å². The molecule has 0 aromatic carbocycles. The van der Waals surface area contributed by atoms with Crippen LogP contribution in [0.3, 0.4) is 0 Å². The van der Waals surface area contributed by atoms with Gasteiger partial charge in [0.05, 0.1) is 5.56 Å². The lowest BCUT2D eigenvalue weighted by Gasteiger charge is -2.38. The number of aliphatic carboxylic acids is 1. The summed E-state index contributed by atoms with van der Waals surface area (Å²) >= 11 is 0. The highest BCUT2D eigenvalue weighted by Crippen LogP contribution is 2.36. The van der Waals surface area contributed by atoms with Crippen LogP contribution in [-0.4, -0.2) is 21.6 Å². The predicted octanol–water partition coefficient (Wildman–Crippen LogP) is 1.68. The Labute approximate surface area is 99.1 Å². The molecule has 0 unspecified atom stereocenters. The second kappa shape index (κ2) is 4.06. The molecule has 0 spiro atoms. The number of hydrogen-bond acceptors (Lipinski definition) is 4. The summed E-state index contributed by atoms with van der Waals surface area (Å²) in [4.78, 5) is 15.3. The lowest BCUT2D eigenvalue weighted by molar-refractivity contribution is -0.145. The molecule has 17 heavy (non-hydrogen) atoms. The van der Waals surface area contributed by atoms with E-state index in [-0.39, 0.29) is 0 Å². The van der Waals surface area contributed by atoms with Crippen molar-refractivity contribution in [3.8, 4) is 6.07 Å². The lowest BCUT2D eigenvalue weighted by Crippen LogP contribution is -2.52. The fraction of sp³-hybridized carbons (Fsp3) is 0.417. The smallest absolute Gasteiger partial charge is 0.329 e. The van der Waals surface area contributed by atoms with Crippen LogP contribution >= 0.6 is 0 Å². The van der Waals surface area contributed by atoms with Gasteiger partial charge in [-0.3, -0.25) is 0 Å². The molecule has 0 aliphatic heterocycles. The number of carboxylic acid groups (broad SMARTS) is 1. The van der Waals surface area contributed by atoms with Crippen molar-refractivity contribution in [2.24, 2.45) is 0 Å². The SMILES string of the molecule is Cc1ccnc(NC2(C(=O)O)CCC2)c1C#N. The van der Waals surface area contributed by atoms with E-state index in [1.165, 1.54) is 0 Å². The number of aromatic nitrogens is 1. The van der Waals surface area contributed by atoms with Crippen LogP contribution in [0.15, 0.2) is 12.3 Å². The number of aryl methyl sites for hydroxylation is 1. The Morgan fingerprint density at radius 1 is 1.65 bits per heavy atom. The van der Waals surface area contributed by atoms with Crippen LogP contribution in [0.5, 0.6) is 0 Å². The highest BCUT2D eigenvalue weighted by atomic mass is 16.4. The molecule has 1 fully saturated rings. The van der Waals surface area contributed by atoms with Crippen LogP contribution in [0.4, 0.5) is 5.82 Å². The van der Waals surface area contributed by atoms with Crippen LogP contribution in [0.2, 0.25) is 0 Å². The van der Waals surface area contributed by atoms with E-state index in [2.05, 4.69) is 16.4 Å². The van der Waals surface area contributed by atoms with Crippen molar-refractivity contribution < 1.29 is 9.90 Å². The Hall–Kier alpha value is -2.09. The van der Waals surface area contributed by atoms with Crippen molar-refractivity contribution in [3.63, 3.8) is 0 Å². The van der Waals surface area contributed by atoms with Gasteiger partial charge in [-0.25, -0.2) is 9.78 Å². The molecule has 0 saturated heterocycles. The minimum Gasteiger partial charge on any atom is -0.480 e. The summed E-state index contributed by atoms with van der Waals surface area (Å²) < 4.78 is 0. The first kappa shape index (κ1) is 11.4. The van der Waals surface area contributed by atoms with Gasteiger partial charge in [0.1, 0.15) is 17.4 Å². The summed E-state index contributed by atoms with van der Waals surface area (Å²) in [7, 11) is 0. The molecular formula is C12H13N3O2. The Balaban J connectivity index is 2.34. The average molecular weight is 231 g/mol. The third-order valence-electron chi connectivity index (χ3n) is 3.25. The molecule has 5 nitrogen and oxygen atoms in total. The quantitative estimate of drug-likeness (QED) is 0.826. The molecule has 1 aliphatic carbocycles. The van der Waals surface area contributed by atoms with Gasteiger partial charge in [0.15, 0.2) is 0 Å². The van der Waals surface area contributed by atoms with Crippen LogP contribution in [0.25, 0.3) is 0 Å². The predicted molar refractivity (Wildman–Crippen MR) is 61.5 cm³/mol. The monoisotopic (exact) mass is 231 g/mol. The molecule has 0 atom stereocenters. The summed E-state index contributed by atoms with van der Waals surface area (Å²) in [6, 6.07) is 3.79. The second-order valence-corrected chi connectivity index (χ2v) is 4.33. The van der Waals surface area contributed by atoms with E-state index in [9.17, 15) is 9.90 Å². The van der Waals surface area contributed by atoms with Gasteiger partial charge in [0.25, 0.3) is 0 Å². The molecule has 2 rings (SSSR count). The number of pyridine rings is 1. The molecule has 1 aliphatic rings. The van der Waals surface area contributed by atoms with Crippen LogP contribution in [0, 0.1) is 18.3 Å². The molecule has 1 heterocycles. The minimum absolute atomic E-state index is 0.370. The third-order valence-corrected chi connectivity index (χ3v) is 3.25. The first-order valence-electron chi connectivity index (χ1n) is 5.46. The fourth-order valence-electron chi connectivity index (χ4n) is 1.94. The molecule has 2 N–H and O–H groups in total. The first-order chi connectivity index (χ1) is 8.09. The van der Waals surface area contributed by atoms with Gasteiger partial charge in [-0.2, -0.15) is 5.26 Å². The molecule has 5 heteroatoms. The number of rotatable bonds is 3. The van der Waals surface area contributed by atoms with Crippen molar-refractivity contribution in [1.29, 1.82) is 5.26 Å². The lowest BCUT2D eigenvalue weighted by atomic mass is 9.76. The van der Waals surface area contributed by atoms with Crippen molar-refractivity contribution in [2.75, 3.05) is 5.32 Å². The van der Waals surface area contributed by atoms with Gasteiger partial charge in [-0.05, 0) is 37.8 Å². The molecule has 0 radical (unpaired) electrons. The van der Waals surface area contributed by atoms with E-state index in [0.717, 1.165) is 12.0 Å². The third kappa shape index (κ3) is 1.82. The van der Waals surface area contributed by atoms with Gasteiger partial charge in [-0.15, -0.1) is 0 Å². The highest BCUT2D eigenvalue weighted by Gasteiger charge is 2.45. The summed E-state index contributed by atoms with van der Waals surface area (Å²) in [5, 5.41) is 21.2. The van der Waals surface area contributed by atoms with E-state index in [0.29, 0.717) is 24.2 Å². The Morgan fingerprint density at radius 2 is 2.35 bits per heavy atom. The van der Waals surface area contributed by atoms with E-state index >= 15 is 0 Å². The maximum absolute atomic E-state index is 11.2. The Kier molecular flexibility index (Phi) is 2.72. The number of nitriles is 1. The van der Waals surface area contributed by atoms with Gasteiger partial charge >= 0.3 is 5.97 Å². The van der Waals surface area contributed by atoms with Crippen LogP contribution < -0.4 is 5.32 Å². The van der Waals surface area contributed by atoms with Gasteiger partial charge in [-0.1, -0.05) is 0 Å². The highest BCUT2D eigenvalue weighted by molar-refractivity contribution is 5.84. The van der Waals surface area contributed by atoms with Gasteiger partial charge in [0.2, 0.25) is 0 Å². The minimum atomic E-state index is -0.938. The molecule has 1 aromatic rings. The number of carboxylic acids is 1. The van der Waals surface area contributed by atoms with Crippen molar-refractivity contribution in [2.45, 2.75) is 31.7 Å². The molecule has 1 saturated carbocycles.